The molecular formula is C23H29FN6O. The second-order valence-corrected chi connectivity index (χ2v) is 9.02. The number of benzene rings is 1. The van der Waals surface area contributed by atoms with Crippen molar-refractivity contribution in [2.45, 2.75) is 44.9 Å². The highest BCUT2D eigenvalue weighted by Gasteiger charge is 2.30. The zero-order valence-corrected chi connectivity index (χ0v) is 18.3. The lowest BCUT2D eigenvalue weighted by atomic mass is 9.85. The summed E-state index contributed by atoms with van der Waals surface area (Å²) in [6, 6.07) is 6.12. The number of likely N-dealkylation sites (tertiary alicyclic amines) is 1. The van der Waals surface area contributed by atoms with Gasteiger partial charge in [-0.1, -0.05) is 0 Å². The number of aliphatic hydroxyl groups is 1. The maximum atomic E-state index is 14.9. The molecule has 5 rings (SSSR count). The molecule has 1 N–H and O–H groups in total. The van der Waals surface area contributed by atoms with E-state index in [0.29, 0.717) is 24.7 Å². The third-order valence-electron chi connectivity index (χ3n) is 6.62. The number of hydrogen-bond donors (Lipinski definition) is 1. The van der Waals surface area contributed by atoms with Crippen LogP contribution in [-0.2, 0) is 0 Å². The summed E-state index contributed by atoms with van der Waals surface area (Å²) in [4.78, 5) is 13.3. The molecule has 7 nitrogen and oxygen atoms in total. The zero-order valence-electron chi connectivity index (χ0n) is 18.3. The summed E-state index contributed by atoms with van der Waals surface area (Å²) < 4.78 is 16.7. The minimum absolute atomic E-state index is 0.0993. The third-order valence-corrected chi connectivity index (χ3v) is 6.62. The quantitative estimate of drug-likeness (QED) is 0.697. The summed E-state index contributed by atoms with van der Waals surface area (Å²) in [6.07, 6.45) is 2.20. The van der Waals surface area contributed by atoms with Crippen LogP contribution in [0.25, 0.3) is 16.7 Å². The van der Waals surface area contributed by atoms with E-state index in [4.69, 9.17) is 0 Å². The molecule has 0 spiro atoms. The second kappa shape index (κ2) is 7.84. The summed E-state index contributed by atoms with van der Waals surface area (Å²) in [6.45, 7) is 6.65. The Morgan fingerprint density at radius 3 is 2.58 bits per heavy atom. The number of piperidine rings is 1. The predicted octanol–water partition coefficient (Wildman–Crippen LogP) is 2.76. The average molecular weight is 425 g/mol. The molecule has 0 amide bonds. The molecule has 3 aromatic rings. The van der Waals surface area contributed by atoms with E-state index in [2.05, 4.69) is 43.9 Å². The van der Waals surface area contributed by atoms with Crippen molar-refractivity contribution in [3.63, 3.8) is 0 Å². The Hall–Kier alpha value is -2.58. The van der Waals surface area contributed by atoms with Crippen LogP contribution in [0.2, 0.25) is 0 Å². The van der Waals surface area contributed by atoms with Crippen LogP contribution in [-0.4, -0.2) is 75.3 Å². The Morgan fingerprint density at radius 2 is 1.84 bits per heavy atom. The highest BCUT2D eigenvalue weighted by Crippen LogP contribution is 2.35. The molecule has 0 aliphatic carbocycles. The number of hydrogen-bond acceptors (Lipinski definition) is 6. The molecule has 31 heavy (non-hydrogen) atoms. The van der Waals surface area contributed by atoms with Crippen LogP contribution in [0.15, 0.2) is 24.4 Å². The molecule has 2 aliphatic heterocycles. The van der Waals surface area contributed by atoms with Gasteiger partial charge in [0.15, 0.2) is 5.82 Å². The number of aliphatic hydroxyl groups excluding tert-OH is 1. The molecule has 2 aromatic heterocycles. The first kappa shape index (κ1) is 20.3. The van der Waals surface area contributed by atoms with Crippen molar-refractivity contribution in [3.05, 3.63) is 41.3 Å². The van der Waals surface area contributed by atoms with Gasteiger partial charge in [-0.05, 0) is 63.5 Å². The Morgan fingerprint density at radius 1 is 1.03 bits per heavy atom. The molecule has 0 unspecified atom stereocenters. The van der Waals surface area contributed by atoms with Gasteiger partial charge in [0, 0.05) is 37.0 Å². The number of aromatic nitrogens is 4. The van der Waals surface area contributed by atoms with E-state index < -0.39 is 6.17 Å². The van der Waals surface area contributed by atoms with E-state index in [1.807, 2.05) is 30.9 Å². The van der Waals surface area contributed by atoms with E-state index in [0.717, 1.165) is 53.8 Å². The molecule has 2 fully saturated rings. The van der Waals surface area contributed by atoms with Crippen LogP contribution in [0.5, 0.6) is 0 Å². The van der Waals surface area contributed by atoms with E-state index in [1.54, 1.807) is 0 Å². The van der Waals surface area contributed by atoms with Crippen LogP contribution < -0.4 is 4.90 Å². The van der Waals surface area contributed by atoms with Crippen molar-refractivity contribution >= 4 is 16.7 Å². The summed E-state index contributed by atoms with van der Waals surface area (Å²) >= 11 is 0. The third kappa shape index (κ3) is 3.78. The summed E-state index contributed by atoms with van der Waals surface area (Å²) in [7, 11) is 1.97. The van der Waals surface area contributed by atoms with Crippen molar-refractivity contribution in [2.75, 3.05) is 38.1 Å². The predicted molar refractivity (Wildman–Crippen MR) is 119 cm³/mol. The fourth-order valence-electron chi connectivity index (χ4n) is 4.95. The summed E-state index contributed by atoms with van der Waals surface area (Å²) in [5, 5.41) is 15.5. The number of aryl methyl sites for hydroxylation is 2. The van der Waals surface area contributed by atoms with Gasteiger partial charge < -0.3 is 14.9 Å². The van der Waals surface area contributed by atoms with Crippen molar-refractivity contribution in [2.24, 2.45) is 0 Å². The summed E-state index contributed by atoms with van der Waals surface area (Å²) in [5.74, 6) is 2.05. The van der Waals surface area contributed by atoms with E-state index >= 15 is 0 Å². The monoisotopic (exact) mass is 424 g/mol. The van der Waals surface area contributed by atoms with Gasteiger partial charge in [0.25, 0.3) is 0 Å². The fourth-order valence-corrected chi connectivity index (χ4v) is 4.95. The fraction of sp³-hybridized carbons (Fsp3) is 0.522. The Balaban J connectivity index is 1.56. The first-order valence-corrected chi connectivity index (χ1v) is 11.0. The van der Waals surface area contributed by atoms with Gasteiger partial charge in [-0.25, -0.2) is 19.0 Å². The van der Waals surface area contributed by atoms with Crippen molar-refractivity contribution in [1.29, 1.82) is 0 Å². The smallest absolute Gasteiger partial charge is 0.159 e. The number of alkyl halides is 1. The first-order valence-electron chi connectivity index (χ1n) is 11.0. The topological polar surface area (TPSA) is 70.3 Å². The minimum atomic E-state index is -0.874. The first-order chi connectivity index (χ1) is 14.9. The Labute approximate surface area is 181 Å². The number of rotatable bonds is 3. The molecule has 3 atom stereocenters. The summed E-state index contributed by atoms with van der Waals surface area (Å²) in [5.41, 5.74) is 3.09. The molecule has 0 radical (unpaired) electrons. The SMILES string of the molecule is Cc1nc(N2CC[C@H](O)C2)cc(-n2ncc3cc(C)c([C@H]4CCN(C)C[C@H]4F)cc32)n1. The standard InChI is InChI=1S/C23H29FN6O/c1-14-8-16-11-25-30(21(16)9-19(14)18-5-6-28(3)13-20(18)24)23-10-22(26-15(2)27-23)29-7-4-17(31)12-29/h8-11,17-18,20,31H,4-7,12-13H2,1-3H3/t17-,18+,20+/m0/s1. The molecule has 164 valence electrons. The molecule has 2 aliphatic rings. The number of nitrogens with zero attached hydrogens (tertiary/aromatic N) is 6. The lowest BCUT2D eigenvalue weighted by Crippen LogP contribution is -2.38. The van der Waals surface area contributed by atoms with Gasteiger partial charge in [0.05, 0.1) is 17.8 Å². The van der Waals surface area contributed by atoms with Crippen LogP contribution in [0.1, 0.15) is 35.7 Å². The number of fused-ring (bicyclic) bond motifs is 1. The highest BCUT2D eigenvalue weighted by atomic mass is 19.1. The molecule has 4 heterocycles. The van der Waals surface area contributed by atoms with Crippen LogP contribution >= 0.6 is 0 Å². The zero-order chi connectivity index (χ0) is 21.7. The lowest BCUT2D eigenvalue weighted by molar-refractivity contribution is 0.139. The molecule has 8 heteroatoms. The largest absolute Gasteiger partial charge is 0.391 e. The Kier molecular flexibility index (Phi) is 5.14. The molecule has 0 saturated carbocycles. The van der Waals surface area contributed by atoms with Gasteiger partial charge in [0.1, 0.15) is 17.8 Å². The van der Waals surface area contributed by atoms with Gasteiger partial charge in [0.2, 0.25) is 0 Å². The molecule has 1 aromatic carbocycles. The Bertz CT molecular complexity index is 1110. The second-order valence-electron chi connectivity index (χ2n) is 9.02. The lowest BCUT2D eigenvalue weighted by Gasteiger charge is -2.33. The van der Waals surface area contributed by atoms with E-state index in [1.165, 1.54) is 0 Å². The van der Waals surface area contributed by atoms with E-state index in [-0.39, 0.29) is 12.0 Å². The van der Waals surface area contributed by atoms with Crippen LogP contribution in [0.4, 0.5) is 10.2 Å². The van der Waals surface area contributed by atoms with Crippen LogP contribution in [0, 0.1) is 13.8 Å². The van der Waals surface area contributed by atoms with Crippen molar-refractivity contribution < 1.29 is 9.50 Å². The maximum absolute atomic E-state index is 14.9. The van der Waals surface area contributed by atoms with Crippen molar-refractivity contribution in [3.8, 4) is 5.82 Å². The number of anilines is 1. The van der Waals surface area contributed by atoms with E-state index in [9.17, 15) is 9.50 Å². The average Bonchev–Trinajstić information content (AvgIpc) is 3.33. The van der Waals surface area contributed by atoms with Crippen LogP contribution in [0.3, 0.4) is 0 Å². The highest BCUT2D eigenvalue weighted by molar-refractivity contribution is 5.82. The minimum Gasteiger partial charge on any atom is -0.391 e. The molecule has 0 bridgehead atoms. The maximum Gasteiger partial charge on any atom is 0.159 e. The normalized spacial score (nSPS) is 24.9. The van der Waals surface area contributed by atoms with Gasteiger partial charge in [-0.15, -0.1) is 0 Å². The van der Waals surface area contributed by atoms with Gasteiger partial charge in [-0.3, -0.25) is 0 Å². The van der Waals surface area contributed by atoms with Crippen molar-refractivity contribution in [1.82, 2.24) is 24.6 Å². The van der Waals surface area contributed by atoms with Gasteiger partial charge >= 0.3 is 0 Å². The molecular weight excluding hydrogens is 395 g/mol. The van der Waals surface area contributed by atoms with Gasteiger partial charge in [-0.2, -0.15) is 5.10 Å². The number of halogens is 1. The number of β-amino-alcohol motifs (C(OH)–C–C–N with tert-alkyl or cyclic N) is 1. The molecule has 2 saturated heterocycles.